The van der Waals surface area contributed by atoms with E-state index in [-0.39, 0.29) is 23.7 Å². The number of ether oxygens (including phenoxy) is 2. The van der Waals surface area contributed by atoms with Gasteiger partial charge in [-0.05, 0) is 55.8 Å². The van der Waals surface area contributed by atoms with Crippen LogP contribution in [-0.2, 0) is 14.8 Å². The summed E-state index contributed by atoms with van der Waals surface area (Å²) >= 11 is 6.10. The second kappa shape index (κ2) is 11.3. The molecule has 1 N–H and O–H groups in total. The minimum Gasteiger partial charge on any atom is -0.495 e. The number of aryl methyl sites for hydroxylation is 2. The third kappa shape index (κ3) is 6.21. The Morgan fingerprint density at radius 2 is 1.74 bits per heavy atom. The predicted molar refractivity (Wildman–Crippen MR) is 133 cm³/mol. The summed E-state index contributed by atoms with van der Waals surface area (Å²) in [5.74, 6) is 0.445. The molecule has 0 atom stereocenters. The number of nitrogens with zero attached hydrogens (tertiary/aromatic N) is 1. The van der Waals surface area contributed by atoms with Gasteiger partial charge in [0.05, 0.1) is 24.2 Å². The van der Waals surface area contributed by atoms with Crippen molar-refractivity contribution < 1.29 is 22.7 Å². The van der Waals surface area contributed by atoms with E-state index in [1.807, 2.05) is 19.9 Å². The van der Waals surface area contributed by atoms with Gasteiger partial charge in [-0.2, -0.15) is 0 Å². The number of benzene rings is 3. The number of hydrogen-bond donors (Lipinski definition) is 1. The number of rotatable bonds is 10. The number of carbonyl (C=O) groups excluding carboxylic acids is 1. The Kier molecular flexibility index (Phi) is 8.41. The van der Waals surface area contributed by atoms with Gasteiger partial charge < -0.3 is 14.8 Å². The molecule has 0 fully saturated rings. The molecule has 3 aromatic carbocycles. The summed E-state index contributed by atoms with van der Waals surface area (Å²) in [6.45, 7) is 3.73. The van der Waals surface area contributed by atoms with Gasteiger partial charge in [0.2, 0.25) is 5.91 Å². The predicted octanol–water partition coefficient (Wildman–Crippen LogP) is 4.36. The Balaban J connectivity index is 1.74. The first-order valence-electron chi connectivity index (χ1n) is 10.6. The summed E-state index contributed by atoms with van der Waals surface area (Å²) in [5, 5.41) is 3.30. The molecule has 1 amide bonds. The van der Waals surface area contributed by atoms with Gasteiger partial charge >= 0.3 is 0 Å². The average Bonchev–Trinajstić information content (AvgIpc) is 2.82. The number of halogens is 1. The van der Waals surface area contributed by atoms with Gasteiger partial charge in [-0.3, -0.25) is 9.10 Å². The molecule has 0 unspecified atom stereocenters. The molecule has 0 bridgehead atoms. The van der Waals surface area contributed by atoms with Crippen LogP contribution in [0, 0.1) is 13.8 Å². The maximum atomic E-state index is 13.5. The minimum atomic E-state index is -4.03. The maximum Gasteiger partial charge on any atom is 0.264 e. The highest BCUT2D eigenvalue weighted by molar-refractivity contribution is 7.92. The molecule has 0 aliphatic carbocycles. The molecular weight excluding hydrogens is 476 g/mol. The summed E-state index contributed by atoms with van der Waals surface area (Å²) in [6, 6.07) is 18.5. The first-order valence-corrected chi connectivity index (χ1v) is 12.4. The molecule has 0 heterocycles. The third-order valence-electron chi connectivity index (χ3n) is 5.09. The number of sulfonamides is 1. The molecule has 0 aromatic heterocycles. The number of hydrogen-bond acceptors (Lipinski definition) is 5. The lowest BCUT2D eigenvalue weighted by Gasteiger charge is -2.25. The van der Waals surface area contributed by atoms with E-state index in [0.717, 1.165) is 15.4 Å². The van der Waals surface area contributed by atoms with Crippen molar-refractivity contribution in [2.75, 3.05) is 31.1 Å². The standard InChI is InChI=1S/C25H27ClN2O5S/c1-18-8-12-21(13-9-18)34(30,31)28(23-6-4-5-7-24(23)32-3)17-25(29)27-14-15-33-20-11-10-19(2)22(26)16-20/h4-13,16H,14-15,17H2,1-3H3,(H,27,29). The van der Waals surface area contributed by atoms with Crippen LogP contribution in [0.25, 0.3) is 0 Å². The number of methoxy groups -OCH3 is 1. The highest BCUT2D eigenvalue weighted by atomic mass is 35.5. The average molecular weight is 503 g/mol. The lowest BCUT2D eigenvalue weighted by molar-refractivity contribution is -0.119. The van der Waals surface area contributed by atoms with E-state index < -0.39 is 22.5 Å². The van der Waals surface area contributed by atoms with Crippen LogP contribution in [-0.4, -0.2) is 41.1 Å². The molecular formula is C25H27ClN2O5S. The Labute approximate surface area is 205 Å². The highest BCUT2D eigenvalue weighted by Gasteiger charge is 2.29. The van der Waals surface area contributed by atoms with Crippen molar-refractivity contribution in [2.24, 2.45) is 0 Å². The lowest BCUT2D eigenvalue weighted by Crippen LogP contribution is -2.42. The first-order chi connectivity index (χ1) is 16.2. The molecule has 0 radical (unpaired) electrons. The van der Waals surface area contributed by atoms with Crippen molar-refractivity contribution in [1.29, 1.82) is 0 Å². The summed E-state index contributed by atoms with van der Waals surface area (Å²) in [5.41, 5.74) is 2.13. The van der Waals surface area contributed by atoms with Gasteiger partial charge in [-0.1, -0.05) is 47.5 Å². The Morgan fingerprint density at radius 3 is 2.41 bits per heavy atom. The van der Waals surface area contributed by atoms with Crippen molar-refractivity contribution in [3.63, 3.8) is 0 Å². The number of amides is 1. The molecule has 9 heteroatoms. The first kappa shape index (κ1) is 25.4. The molecule has 3 rings (SSSR count). The normalized spacial score (nSPS) is 11.1. The van der Waals surface area contributed by atoms with Crippen molar-refractivity contribution in [3.05, 3.63) is 82.9 Å². The Bertz CT molecular complexity index is 1250. The zero-order valence-corrected chi connectivity index (χ0v) is 20.8. The molecule has 7 nitrogen and oxygen atoms in total. The third-order valence-corrected chi connectivity index (χ3v) is 7.27. The molecule has 0 aliphatic heterocycles. The van der Waals surface area contributed by atoms with Crippen LogP contribution < -0.4 is 19.1 Å². The molecule has 0 aliphatic rings. The SMILES string of the molecule is COc1ccccc1N(CC(=O)NCCOc1ccc(C)c(Cl)c1)S(=O)(=O)c1ccc(C)cc1. The quantitative estimate of drug-likeness (QED) is 0.416. The van der Waals surface area contributed by atoms with E-state index in [1.54, 1.807) is 48.5 Å². The number of anilines is 1. The highest BCUT2D eigenvalue weighted by Crippen LogP contribution is 2.32. The molecule has 34 heavy (non-hydrogen) atoms. The second-order valence-electron chi connectivity index (χ2n) is 7.61. The van der Waals surface area contributed by atoms with Crippen LogP contribution in [0.4, 0.5) is 5.69 Å². The van der Waals surface area contributed by atoms with Gasteiger partial charge in [0.15, 0.2) is 0 Å². The van der Waals surface area contributed by atoms with Crippen LogP contribution in [0.2, 0.25) is 5.02 Å². The Morgan fingerprint density at radius 1 is 1.03 bits per heavy atom. The van der Waals surface area contributed by atoms with Crippen molar-refractivity contribution in [3.8, 4) is 11.5 Å². The topological polar surface area (TPSA) is 84.9 Å². The molecule has 0 saturated heterocycles. The Hall–Kier alpha value is -3.23. The van der Waals surface area contributed by atoms with Gasteiger partial charge in [0.1, 0.15) is 24.7 Å². The van der Waals surface area contributed by atoms with Crippen LogP contribution in [0.1, 0.15) is 11.1 Å². The second-order valence-corrected chi connectivity index (χ2v) is 9.88. The molecule has 3 aromatic rings. The number of nitrogens with one attached hydrogen (secondary N) is 1. The van der Waals surface area contributed by atoms with Crippen molar-refractivity contribution in [1.82, 2.24) is 5.32 Å². The monoisotopic (exact) mass is 502 g/mol. The zero-order chi connectivity index (χ0) is 24.7. The summed E-state index contributed by atoms with van der Waals surface area (Å²) in [4.78, 5) is 12.8. The minimum absolute atomic E-state index is 0.0800. The molecule has 0 spiro atoms. The van der Waals surface area contributed by atoms with Gasteiger partial charge in [-0.15, -0.1) is 0 Å². The maximum absolute atomic E-state index is 13.5. The lowest BCUT2D eigenvalue weighted by atomic mass is 10.2. The summed E-state index contributed by atoms with van der Waals surface area (Å²) in [7, 11) is -2.59. The zero-order valence-electron chi connectivity index (χ0n) is 19.2. The van der Waals surface area contributed by atoms with E-state index in [4.69, 9.17) is 21.1 Å². The van der Waals surface area contributed by atoms with E-state index in [0.29, 0.717) is 16.5 Å². The van der Waals surface area contributed by atoms with E-state index in [9.17, 15) is 13.2 Å². The van der Waals surface area contributed by atoms with Crippen molar-refractivity contribution >= 4 is 33.2 Å². The number of carbonyl (C=O) groups is 1. The van der Waals surface area contributed by atoms with Crippen LogP contribution >= 0.6 is 11.6 Å². The van der Waals surface area contributed by atoms with E-state index in [2.05, 4.69) is 5.32 Å². The van der Waals surface area contributed by atoms with Gasteiger partial charge in [0, 0.05) is 5.02 Å². The van der Waals surface area contributed by atoms with Crippen LogP contribution in [0.3, 0.4) is 0 Å². The fraction of sp³-hybridized carbons (Fsp3) is 0.240. The summed E-state index contributed by atoms with van der Waals surface area (Å²) in [6.07, 6.45) is 0. The van der Waals surface area contributed by atoms with E-state index in [1.165, 1.54) is 19.2 Å². The summed E-state index contributed by atoms with van der Waals surface area (Å²) < 4.78 is 39.0. The molecule has 0 saturated carbocycles. The smallest absolute Gasteiger partial charge is 0.264 e. The largest absolute Gasteiger partial charge is 0.495 e. The fourth-order valence-corrected chi connectivity index (χ4v) is 4.78. The molecule has 180 valence electrons. The van der Waals surface area contributed by atoms with Crippen molar-refractivity contribution in [2.45, 2.75) is 18.7 Å². The van der Waals surface area contributed by atoms with E-state index >= 15 is 0 Å². The fourth-order valence-electron chi connectivity index (χ4n) is 3.18. The van der Waals surface area contributed by atoms with Crippen LogP contribution in [0.15, 0.2) is 71.6 Å². The van der Waals surface area contributed by atoms with Gasteiger partial charge in [-0.25, -0.2) is 8.42 Å². The number of para-hydroxylation sites is 2. The van der Waals surface area contributed by atoms with Gasteiger partial charge in [0.25, 0.3) is 10.0 Å². The van der Waals surface area contributed by atoms with Crippen LogP contribution in [0.5, 0.6) is 11.5 Å².